The summed E-state index contributed by atoms with van der Waals surface area (Å²) in [5.41, 5.74) is 0.587. The third kappa shape index (κ3) is 4.50. The normalized spacial score (nSPS) is 14.9. The molecule has 6 heteroatoms. The number of esters is 1. The van der Waals surface area contributed by atoms with E-state index in [0.29, 0.717) is 18.1 Å². The van der Waals surface area contributed by atoms with Gasteiger partial charge in [-0.05, 0) is 31.3 Å². The first-order valence-corrected chi connectivity index (χ1v) is 9.20. The highest BCUT2D eigenvalue weighted by Crippen LogP contribution is 2.56. The average Bonchev–Trinajstić information content (AvgIpc) is 2.45. The number of rotatable bonds is 7. The van der Waals surface area contributed by atoms with Crippen molar-refractivity contribution in [2.75, 3.05) is 33.7 Å². The molecule has 0 aliphatic heterocycles. The van der Waals surface area contributed by atoms with Crippen molar-refractivity contribution in [2.45, 2.75) is 19.5 Å². The summed E-state index contributed by atoms with van der Waals surface area (Å²) in [5, 5.41) is 0. The van der Waals surface area contributed by atoms with Crippen LogP contribution in [0, 0.1) is 0 Å². The van der Waals surface area contributed by atoms with Crippen molar-refractivity contribution in [3.05, 3.63) is 23.8 Å². The Hall–Kier alpha value is -1.48. The molecule has 5 nitrogen and oxygen atoms in total. The average molecular weight is 314 g/mol. The Morgan fingerprint density at radius 1 is 1.24 bits per heavy atom. The van der Waals surface area contributed by atoms with Gasteiger partial charge in [0.25, 0.3) is 0 Å². The van der Waals surface area contributed by atoms with Crippen LogP contribution >= 0.6 is 7.14 Å². The van der Waals surface area contributed by atoms with Crippen molar-refractivity contribution in [3.8, 4) is 11.5 Å². The van der Waals surface area contributed by atoms with E-state index in [-0.39, 0.29) is 11.8 Å². The fourth-order valence-electron chi connectivity index (χ4n) is 2.03. The summed E-state index contributed by atoms with van der Waals surface area (Å²) in [6.45, 7) is 5.51. The molecule has 0 bridgehead atoms. The van der Waals surface area contributed by atoms with Crippen LogP contribution in [-0.2, 0) is 14.1 Å². The van der Waals surface area contributed by atoms with Crippen LogP contribution in [0.15, 0.2) is 18.2 Å². The summed E-state index contributed by atoms with van der Waals surface area (Å²) in [4.78, 5) is 11.6. The van der Waals surface area contributed by atoms with E-state index in [2.05, 4.69) is 0 Å². The van der Waals surface area contributed by atoms with Crippen LogP contribution in [0.3, 0.4) is 0 Å². The van der Waals surface area contributed by atoms with Crippen LogP contribution < -0.4 is 9.47 Å². The number of hydrogen-bond acceptors (Lipinski definition) is 5. The molecule has 0 aliphatic carbocycles. The summed E-state index contributed by atoms with van der Waals surface area (Å²) in [7, 11) is 0.398. The highest BCUT2D eigenvalue weighted by atomic mass is 31.2. The molecule has 0 N–H and O–H groups in total. The number of benzene rings is 1. The van der Waals surface area contributed by atoms with Crippen molar-refractivity contribution >= 4 is 13.1 Å². The van der Waals surface area contributed by atoms with E-state index in [1.165, 1.54) is 0 Å². The van der Waals surface area contributed by atoms with Crippen molar-refractivity contribution < 1.29 is 23.6 Å². The SMILES string of the molecule is CCOC(=O)CP(C)(=O)C(C)c1ccc(OC)c(OC)c1. The van der Waals surface area contributed by atoms with Gasteiger partial charge in [-0.15, -0.1) is 0 Å². The fraction of sp³-hybridized carbons (Fsp3) is 0.533. The molecule has 118 valence electrons. The van der Waals surface area contributed by atoms with Crippen molar-refractivity contribution in [3.63, 3.8) is 0 Å². The summed E-state index contributed by atoms with van der Waals surface area (Å²) in [6.07, 6.45) is -0.0592. The van der Waals surface area contributed by atoms with Gasteiger partial charge >= 0.3 is 5.97 Å². The number of hydrogen-bond donors (Lipinski definition) is 0. The molecule has 0 heterocycles. The second kappa shape index (κ2) is 7.51. The van der Waals surface area contributed by atoms with Crippen LogP contribution in [0.2, 0.25) is 0 Å². The lowest BCUT2D eigenvalue weighted by atomic mass is 10.1. The topological polar surface area (TPSA) is 61.8 Å². The Bertz CT molecular complexity index is 541. The minimum absolute atomic E-state index is 0.0592. The van der Waals surface area contributed by atoms with Gasteiger partial charge in [-0.2, -0.15) is 0 Å². The molecule has 0 amide bonds. The molecule has 0 aliphatic rings. The van der Waals surface area contributed by atoms with Crippen LogP contribution in [0.25, 0.3) is 0 Å². The maximum Gasteiger partial charge on any atom is 0.313 e. The maximum absolute atomic E-state index is 12.8. The van der Waals surface area contributed by atoms with E-state index >= 15 is 0 Å². The minimum atomic E-state index is -2.72. The zero-order valence-electron chi connectivity index (χ0n) is 13.2. The molecule has 0 aromatic heterocycles. The molecule has 2 atom stereocenters. The lowest BCUT2D eigenvalue weighted by Crippen LogP contribution is -2.12. The number of carbonyl (C=O) groups is 1. The number of carbonyl (C=O) groups excluding carboxylic acids is 1. The predicted octanol–water partition coefficient (Wildman–Crippen LogP) is 3.32. The van der Waals surface area contributed by atoms with Crippen molar-refractivity contribution in [1.82, 2.24) is 0 Å². The molecule has 21 heavy (non-hydrogen) atoms. The molecule has 0 saturated carbocycles. The second-order valence-electron chi connectivity index (χ2n) is 4.93. The molecule has 0 fully saturated rings. The Labute approximate surface area is 126 Å². The molecule has 1 aromatic rings. The van der Waals surface area contributed by atoms with E-state index in [4.69, 9.17) is 14.2 Å². The smallest absolute Gasteiger partial charge is 0.313 e. The van der Waals surface area contributed by atoms with E-state index < -0.39 is 13.1 Å². The van der Waals surface area contributed by atoms with E-state index in [1.54, 1.807) is 39.9 Å². The lowest BCUT2D eigenvalue weighted by molar-refractivity contribution is -0.140. The highest BCUT2D eigenvalue weighted by Gasteiger charge is 2.29. The molecule has 1 aromatic carbocycles. The molecule has 1 rings (SSSR count). The third-order valence-corrected chi connectivity index (χ3v) is 6.28. The van der Waals surface area contributed by atoms with Gasteiger partial charge in [-0.25, -0.2) is 0 Å². The Morgan fingerprint density at radius 2 is 1.86 bits per heavy atom. The van der Waals surface area contributed by atoms with Gasteiger partial charge in [0, 0.05) is 5.66 Å². The summed E-state index contributed by atoms with van der Waals surface area (Å²) >= 11 is 0. The van der Waals surface area contributed by atoms with Crippen LogP contribution in [0.4, 0.5) is 0 Å². The summed E-state index contributed by atoms with van der Waals surface area (Å²) in [5.74, 6) is 0.776. The minimum Gasteiger partial charge on any atom is -0.493 e. The van der Waals surface area contributed by atoms with Crippen LogP contribution in [0.5, 0.6) is 11.5 Å². The first-order chi connectivity index (χ1) is 9.85. The van der Waals surface area contributed by atoms with E-state index in [9.17, 15) is 9.36 Å². The zero-order chi connectivity index (χ0) is 16.0. The standard InChI is InChI=1S/C15H23O5P/c1-6-20-15(16)10-21(5,17)11(2)12-7-8-13(18-3)14(9-12)19-4/h7-9,11H,6,10H2,1-5H3. The summed E-state index contributed by atoms with van der Waals surface area (Å²) < 4.78 is 28.1. The molecule has 0 saturated heterocycles. The van der Waals surface area contributed by atoms with Crippen molar-refractivity contribution in [1.29, 1.82) is 0 Å². The van der Waals surface area contributed by atoms with E-state index in [0.717, 1.165) is 5.56 Å². The van der Waals surface area contributed by atoms with Gasteiger partial charge in [0.1, 0.15) is 7.14 Å². The number of ether oxygens (including phenoxy) is 3. The third-order valence-electron chi connectivity index (χ3n) is 3.46. The lowest BCUT2D eigenvalue weighted by Gasteiger charge is -2.21. The van der Waals surface area contributed by atoms with Gasteiger partial charge in [0.05, 0.1) is 27.0 Å². The van der Waals surface area contributed by atoms with Gasteiger partial charge in [-0.1, -0.05) is 13.0 Å². The summed E-state index contributed by atoms with van der Waals surface area (Å²) in [6, 6.07) is 5.41. The van der Waals surface area contributed by atoms with Gasteiger partial charge in [0.15, 0.2) is 11.5 Å². The Morgan fingerprint density at radius 3 is 2.38 bits per heavy atom. The first-order valence-electron chi connectivity index (χ1n) is 6.79. The maximum atomic E-state index is 12.8. The van der Waals surface area contributed by atoms with Crippen LogP contribution in [-0.4, -0.2) is 39.6 Å². The first kappa shape index (κ1) is 17.6. The van der Waals surface area contributed by atoms with Crippen LogP contribution in [0.1, 0.15) is 25.1 Å². The molecule has 0 spiro atoms. The quantitative estimate of drug-likeness (QED) is 0.571. The molecular formula is C15H23O5P. The predicted molar refractivity (Wildman–Crippen MR) is 83.0 cm³/mol. The van der Waals surface area contributed by atoms with Gasteiger partial charge in [-0.3, -0.25) is 4.79 Å². The molecule has 2 unspecified atom stereocenters. The fourth-order valence-corrected chi connectivity index (χ4v) is 3.70. The largest absolute Gasteiger partial charge is 0.493 e. The van der Waals surface area contributed by atoms with Gasteiger partial charge < -0.3 is 18.8 Å². The van der Waals surface area contributed by atoms with Crippen molar-refractivity contribution in [2.24, 2.45) is 0 Å². The highest BCUT2D eigenvalue weighted by molar-refractivity contribution is 7.64. The number of methoxy groups -OCH3 is 2. The van der Waals surface area contributed by atoms with Gasteiger partial charge in [0.2, 0.25) is 0 Å². The van der Waals surface area contributed by atoms with E-state index in [1.807, 2.05) is 13.0 Å². The Balaban J connectivity index is 2.98. The monoisotopic (exact) mass is 314 g/mol. The zero-order valence-corrected chi connectivity index (χ0v) is 14.1. The second-order valence-corrected chi connectivity index (χ2v) is 8.37. The Kier molecular flexibility index (Phi) is 6.28. The molecular weight excluding hydrogens is 291 g/mol. The molecule has 0 radical (unpaired) electrons.